The molecular weight excluding hydrogens is 226 g/mol. The molecule has 0 atom stereocenters. The van der Waals surface area contributed by atoms with Crippen molar-refractivity contribution in [2.75, 3.05) is 0 Å². The lowest BCUT2D eigenvalue weighted by Gasteiger charge is -2.05. The summed E-state index contributed by atoms with van der Waals surface area (Å²) in [6.45, 7) is 6.49. The third-order valence-corrected chi connectivity index (χ3v) is 2.95. The molecule has 2 rings (SSSR count). The smallest absolute Gasteiger partial charge is 0.337 e. The highest BCUT2D eigenvalue weighted by molar-refractivity contribution is 5.97. The Morgan fingerprint density at radius 3 is 2.67 bits per heavy atom. The Morgan fingerprint density at radius 1 is 1.33 bits per heavy atom. The van der Waals surface area contributed by atoms with Gasteiger partial charge in [-0.3, -0.25) is 0 Å². The molecule has 1 aromatic heterocycles. The summed E-state index contributed by atoms with van der Waals surface area (Å²) < 4.78 is 1.87. The SMILES string of the molecule is C=Cc1ccccc1-c1cn(CC)cc1C(=O)O. The van der Waals surface area contributed by atoms with E-state index in [0.29, 0.717) is 5.56 Å². The van der Waals surface area contributed by atoms with Crippen molar-refractivity contribution in [1.82, 2.24) is 4.57 Å². The van der Waals surface area contributed by atoms with E-state index in [0.717, 1.165) is 23.2 Å². The minimum Gasteiger partial charge on any atom is -0.478 e. The second-order valence-corrected chi connectivity index (χ2v) is 4.01. The first-order valence-electron chi connectivity index (χ1n) is 5.82. The fourth-order valence-electron chi connectivity index (χ4n) is 2.00. The van der Waals surface area contributed by atoms with Gasteiger partial charge in [-0.25, -0.2) is 4.79 Å². The minimum absolute atomic E-state index is 0.325. The summed E-state index contributed by atoms with van der Waals surface area (Å²) in [7, 11) is 0. The molecule has 1 N–H and O–H groups in total. The van der Waals surface area contributed by atoms with Gasteiger partial charge in [0.25, 0.3) is 0 Å². The maximum Gasteiger partial charge on any atom is 0.337 e. The molecule has 0 aliphatic heterocycles. The summed E-state index contributed by atoms with van der Waals surface area (Å²) in [5.74, 6) is -0.906. The Morgan fingerprint density at radius 2 is 2.06 bits per heavy atom. The van der Waals surface area contributed by atoms with Crippen molar-refractivity contribution in [2.45, 2.75) is 13.5 Å². The van der Waals surface area contributed by atoms with Crippen LogP contribution in [0.4, 0.5) is 0 Å². The fourth-order valence-corrected chi connectivity index (χ4v) is 2.00. The quantitative estimate of drug-likeness (QED) is 0.889. The van der Waals surface area contributed by atoms with E-state index < -0.39 is 5.97 Å². The lowest BCUT2D eigenvalue weighted by Crippen LogP contribution is -1.97. The molecule has 1 aromatic carbocycles. The second kappa shape index (κ2) is 4.92. The number of rotatable bonds is 4. The Kier molecular flexibility index (Phi) is 3.33. The zero-order chi connectivity index (χ0) is 13.1. The molecule has 1 heterocycles. The molecule has 0 spiro atoms. The molecule has 0 aliphatic carbocycles. The molecule has 0 saturated heterocycles. The van der Waals surface area contributed by atoms with E-state index in [-0.39, 0.29) is 0 Å². The molecule has 3 heteroatoms. The average Bonchev–Trinajstić information content (AvgIpc) is 2.83. The lowest BCUT2D eigenvalue weighted by atomic mass is 9.99. The Hall–Kier alpha value is -2.29. The summed E-state index contributed by atoms with van der Waals surface area (Å²) >= 11 is 0. The number of hydrogen-bond donors (Lipinski definition) is 1. The van der Waals surface area contributed by atoms with Crippen LogP contribution < -0.4 is 0 Å². The first-order chi connectivity index (χ1) is 8.67. The van der Waals surface area contributed by atoms with Crippen LogP contribution in [0.2, 0.25) is 0 Å². The number of hydrogen-bond acceptors (Lipinski definition) is 1. The van der Waals surface area contributed by atoms with Crippen molar-refractivity contribution in [3.05, 3.63) is 54.4 Å². The van der Waals surface area contributed by atoms with Crippen LogP contribution in [0.1, 0.15) is 22.8 Å². The van der Waals surface area contributed by atoms with Crippen molar-refractivity contribution in [2.24, 2.45) is 0 Å². The molecule has 0 unspecified atom stereocenters. The molecule has 0 fully saturated rings. The summed E-state index contributed by atoms with van der Waals surface area (Å²) in [5, 5.41) is 9.26. The highest BCUT2D eigenvalue weighted by Gasteiger charge is 2.16. The average molecular weight is 241 g/mol. The van der Waals surface area contributed by atoms with E-state index in [4.69, 9.17) is 0 Å². The monoisotopic (exact) mass is 241 g/mol. The highest BCUT2D eigenvalue weighted by Crippen LogP contribution is 2.28. The largest absolute Gasteiger partial charge is 0.478 e. The van der Waals surface area contributed by atoms with Crippen molar-refractivity contribution in [3.63, 3.8) is 0 Å². The van der Waals surface area contributed by atoms with Gasteiger partial charge in [0.15, 0.2) is 0 Å². The van der Waals surface area contributed by atoms with Crippen LogP contribution in [0.3, 0.4) is 0 Å². The van der Waals surface area contributed by atoms with E-state index >= 15 is 0 Å². The number of carboxylic acid groups (broad SMARTS) is 1. The highest BCUT2D eigenvalue weighted by atomic mass is 16.4. The molecule has 0 aliphatic rings. The second-order valence-electron chi connectivity index (χ2n) is 4.01. The molecule has 92 valence electrons. The lowest BCUT2D eigenvalue weighted by molar-refractivity contribution is 0.0697. The van der Waals surface area contributed by atoms with Crippen LogP contribution in [0.5, 0.6) is 0 Å². The van der Waals surface area contributed by atoms with Crippen LogP contribution in [-0.4, -0.2) is 15.6 Å². The van der Waals surface area contributed by atoms with Crippen LogP contribution in [-0.2, 0) is 6.54 Å². The van der Waals surface area contributed by atoms with Crippen molar-refractivity contribution < 1.29 is 9.90 Å². The zero-order valence-corrected chi connectivity index (χ0v) is 10.3. The summed E-state index contributed by atoms with van der Waals surface area (Å²) in [5.41, 5.74) is 2.90. The Labute approximate surface area is 106 Å². The first-order valence-corrected chi connectivity index (χ1v) is 5.82. The predicted molar refractivity (Wildman–Crippen MR) is 72.6 cm³/mol. The van der Waals surface area contributed by atoms with Gasteiger partial charge in [-0.2, -0.15) is 0 Å². The first kappa shape index (κ1) is 12.2. The maximum absolute atomic E-state index is 11.3. The van der Waals surface area contributed by atoms with E-state index in [1.54, 1.807) is 12.3 Å². The van der Waals surface area contributed by atoms with Gasteiger partial charge in [-0.05, 0) is 18.1 Å². The maximum atomic E-state index is 11.3. The number of nitrogens with zero attached hydrogens (tertiary/aromatic N) is 1. The van der Waals surface area contributed by atoms with E-state index in [1.165, 1.54) is 0 Å². The topological polar surface area (TPSA) is 42.2 Å². The summed E-state index contributed by atoms with van der Waals surface area (Å²) in [6.07, 6.45) is 5.27. The third kappa shape index (κ3) is 2.07. The predicted octanol–water partition coefficient (Wildman–Crippen LogP) is 3.52. The number of aromatic carboxylic acids is 1. The molecule has 3 nitrogen and oxygen atoms in total. The third-order valence-electron chi connectivity index (χ3n) is 2.95. The molecule has 0 bridgehead atoms. The van der Waals surface area contributed by atoms with Gasteiger partial charge in [-0.1, -0.05) is 36.9 Å². The molecular formula is C15H15NO2. The van der Waals surface area contributed by atoms with Crippen LogP contribution in [0.15, 0.2) is 43.2 Å². The summed E-state index contributed by atoms with van der Waals surface area (Å²) in [4.78, 5) is 11.3. The number of aromatic nitrogens is 1. The normalized spacial score (nSPS) is 10.3. The van der Waals surface area contributed by atoms with Gasteiger partial charge in [0.2, 0.25) is 0 Å². The van der Waals surface area contributed by atoms with Gasteiger partial charge in [0.1, 0.15) is 0 Å². The van der Waals surface area contributed by atoms with Crippen molar-refractivity contribution in [3.8, 4) is 11.1 Å². The van der Waals surface area contributed by atoms with Gasteiger partial charge >= 0.3 is 5.97 Å². The van der Waals surface area contributed by atoms with Gasteiger partial charge in [-0.15, -0.1) is 0 Å². The molecule has 0 radical (unpaired) electrons. The van der Waals surface area contributed by atoms with Gasteiger partial charge < -0.3 is 9.67 Å². The fraction of sp³-hybridized carbons (Fsp3) is 0.133. The van der Waals surface area contributed by atoms with Crippen LogP contribution >= 0.6 is 0 Å². The minimum atomic E-state index is -0.906. The number of benzene rings is 1. The van der Waals surface area contributed by atoms with E-state index in [2.05, 4.69) is 6.58 Å². The Balaban J connectivity index is 2.65. The van der Waals surface area contributed by atoms with Crippen molar-refractivity contribution >= 4 is 12.0 Å². The van der Waals surface area contributed by atoms with Gasteiger partial charge in [0.05, 0.1) is 5.56 Å². The van der Waals surface area contributed by atoms with E-state index in [9.17, 15) is 9.90 Å². The van der Waals surface area contributed by atoms with Gasteiger partial charge in [0, 0.05) is 24.5 Å². The number of carboxylic acids is 1. The molecule has 18 heavy (non-hydrogen) atoms. The molecule has 0 amide bonds. The van der Waals surface area contributed by atoms with Crippen molar-refractivity contribution in [1.29, 1.82) is 0 Å². The zero-order valence-electron chi connectivity index (χ0n) is 10.3. The molecule has 2 aromatic rings. The number of aryl methyl sites for hydroxylation is 1. The van der Waals surface area contributed by atoms with Crippen LogP contribution in [0, 0.1) is 0 Å². The summed E-state index contributed by atoms with van der Waals surface area (Å²) in [6, 6.07) is 7.66. The van der Waals surface area contributed by atoms with E-state index in [1.807, 2.05) is 42.0 Å². The van der Waals surface area contributed by atoms with Crippen LogP contribution in [0.25, 0.3) is 17.2 Å². The Bertz CT molecular complexity index is 596. The number of carbonyl (C=O) groups is 1. The standard InChI is InChI=1S/C15H15NO2/c1-3-11-7-5-6-8-12(11)13-9-16(4-2)10-14(13)15(17)18/h3,5-10H,1,4H2,2H3,(H,17,18). The molecule has 0 saturated carbocycles.